The second kappa shape index (κ2) is 12.0. The van der Waals surface area contributed by atoms with Gasteiger partial charge in [-0.15, -0.1) is 11.3 Å². The molecular weight excluding hydrogens is 699 g/mol. The number of ether oxygens (including phenoxy) is 1. The van der Waals surface area contributed by atoms with Crippen LogP contribution in [0.15, 0.2) is 200 Å². The summed E-state index contributed by atoms with van der Waals surface area (Å²) in [6, 6.07) is 73.2. The lowest BCUT2D eigenvalue weighted by molar-refractivity contribution is 0.438. The highest BCUT2D eigenvalue weighted by Crippen LogP contribution is 2.64. The van der Waals surface area contributed by atoms with E-state index in [9.17, 15) is 0 Å². The molecule has 262 valence electrons. The Kier molecular flexibility index (Phi) is 6.75. The van der Waals surface area contributed by atoms with Gasteiger partial charge in [0.05, 0.1) is 15.8 Å². The molecule has 1 atom stereocenters. The van der Waals surface area contributed by atoms with Crippen LogP contribution >= 0.6 is 11.3 Å². The maximum absolute atomic E-state index is 6.83. The van der Waals surface area contributed by atoms with Gasteiger partial charge in [0.1, 0.15) is 11.5 Å². The fraction of sp³-hybridized carbons (Fsp3) is 0.0189. The second-order valence-electron chi connectivity index (χ2n) is 14.8. The Morgan fingerprint density at radius 2 is 1.11 bits per heavy atom. The molecule has 1 aromatic heterocycles. The number of anilines is 3. The predicted octanol–water partition coefficient (Wildman–Crippen LogP) is 14.8. The fourth-order valence-electron chi connectivity index (χ4n) is 9.58. The topological polar surface area (TPSA) is 12.5 Å². The molecule has 2 aliphatic rings. The van der Waals surface area contributed by atoms with E-state index in [1.165, 1.54) is 75.6 Å². The molecule has 0 amide bonds. The molecule has 3 heteroatoms. The molecule has 2 nitrogen and oxygen atoms in total. The van der Waals surface area contributed by atoms with Crippen molar-refractivity contribution in [2.45, 2.75) is 5.41 Å². The van der Waals surface area contributed by atoms with Gasteiger partial charge in [-0.05, 0) is 92.7 Å². The van der Waals surface area contributed by atoms with E-state index in [0.29, 0.717) is 0 Å². The summed E-state index contributed by atoms with van der Waals surface area (Å²) in [4.78, 5) is 2.47. The number of hydrogen-bond acceptors (Lipinski definition) is 3. The Labute approximate surface area is 329 Å². The van der Waals surface area contributed by atoms with Crippen molar-refractivity contribution >= 4 is 59.3 Å². The number of nitrogens with zero attached hydrogens (tertiary/aromatic N) is 1. The third-order valence-corrected chi connectivity index (χ3v) is 13.1. The highest BCUT2D eigenvalue weighted by atomic mass is 32.1. The predicted molar refractivity (Wildman–Crippen MR) is 234 cm³/mol. The van der Waals surface area contributed by atoms with Crippen LogP contribution in [0.1, 0.15) is 22.3 Å². The van der Waals surface area contributed by atoms with Crippen LogP contribution in [0.2, 0.25) is 0 Å². The maximum atomic E-state index is 6.83. The van der Waals surface area contributed by atoms with Crippen molar-refractivity contribution in [1.82, 2.24) is 0 Å². The van der Waals surface area contributed by atoms with Gasteiger partial charge in [-0.25, -0.2) is 0 Å². The highest BCUT2D eigenvalue weighted by molar-refractivity contribution is 7.26. The summed E-state index contributed by atoms with van der Waals surface area (Å²) in [6.45, 7) is 0. The molecule has 1 aliphatic carbocycles. The maximum Gasteiger partial charge on any atom is 0.132 e. The van der Waals surface area contributed by atoms with E-state index in [1.807, 2.05) is 11.3 Å². The van der Waals surface area contributed by atoms with Crippen LogP contribution < -0.4 is 9.64 Å². The summed E-state index contributed by atoms with van der Waals surface area (Å²) in [5.41, 5.74) is 12.6. The molecule has 1 spiro atoms. The lowest BCUT2D eigenvalue weighted by atomic mass is 9.65. The summed E-state index contributed by atoms with van der Waals surface area (Å²) in [5, 5.41) is 4.97. The van der Waals surface area contributed by atoms with Gasteiger partial charge >= 0.3 is 0 Å². The zero-order valence-electron chi connectivity index (χ0n) is 30.3. The molecule has 0 radical (unpaired) electrons. The Balaban J connectivity index is 1.16. The number of benzene rings is 9. The van der Waals surface area contributed by atoms with Crippen LogP contribution in [-0.2, 0) is 5.41 Å². The smallest absolute Gasteiger partial charge is 0.132 e. The lowest BCUT2D eigenvalue weighted by Gasteiger charge is -2.40. The molecule has 2 heterocycles. The van der Waals surface area contributed by atoms with Crippen molar-refractivity contribution in [2.24, 2.45) is 0 Å². The third kappa shape index (κ3) is 4.38. The van der Waals surface area contributed by atoms with E-state index in [1.54, 1.807) is 0 Å². The van der Waals surface area contributed by atoms with Gasteiger partial charge in [0.25, 0.3) is 0 Å². The van der Waals surface area contributed by atoms with Crippen molar-refractivity contribution in [1.29, 1.82) is 0 Å². The summed E-state index contributed by atoms with van der Waals surface area (Å²) >= 11 is 1.87. The van der Waals surface area contributed by atoms with Gasteiger partial charge in [0, 0.05) is 38.0 Å². The number of hydrogen-bond donors (Lipinski definition) is 0. The average molecular weight is 732 g/mol. The molecule has 1 aliphatic heterocycles. The minimum Gasteiger partial charge on any atom is -0.457 e. The van der Waals surface area contributed by atoms with Crippen LogP contribution in [0.4, 0.5) is 17.1 Å². The number of fused-ring (bicyclic) bond motifs is 14. The molecule has 0 saturated carbocycles. The molecule has 10 aromatic rings. The van der Waals surface area contributed by atoms with Crippen molar-refractivity contribution in [3.63, 3.8) is 0 Å². The number of thiophene rings is 1. The summed E-state index contributed by atoms with van der Waals surface area (Å²) in [6.07, 6.45) is 0. The first-order valence-corrected chi connectivity index (χ1v) is 20.0. The van der Waals surface area contributed by atoms with Crippen LogP contribution in [0.3, 0.4) is 0 Å². The van der Waals surface area contributed by atoms with E-state index in [-0.39, 0.29) is 0 Å². The number of para-hydroxylation sites is 1. The third-order valence-electron chi connectivity index (χ3n) is 11.9. The summed E-state index contributed by atoms with van der Waals surface area (Å²) in [5.74, 6) is 1.80. The molecule has 0 saturated heterocycles. The van der Waals surface area contributed by atoms with Crippen molar-refractivity contribution in [3.8, 4) is 33.8 Å². The van der Waals surface area contributed by atoms with Crippen LogP contribution in [0.5, 0.6) is 11.5 Å². The van der Waals surface area contributed by atoms with Crippen molar-refractivity contribution in [2.75, 3.05) is 4.90 Å². The van der Waals surface area contributed by atoms with Gasteiger partial charge in [-0.1, -0.05) is 152 Å². The first kappa shape index (κ1) is 31.4. The van der Waals surface area contributed by atoms with Crippen LogP contribution in [-0.4, -0.2) is 0 Å². The molecule has 0 bridgehead atoms. The first-order valence-electron chi connectivity index (χ1n) is 19.2. The Morgan fingerprint density at radius 1 is 0.429 bits per heavy atom. The monoisotopic (exact) mass is 731 g/mol. The fourth-order valence-corrected chi connectivity index (χ4v) is 10.8. The molecule has 0 N–H and O–H groups in total. The largest absolute Gasteiger partial charge is 0.457 e. The van der Waals surface area contributed by atoms with Crippen molar-refractivity contribution < 1.29 is 4.74 Å². The number of rotatable bonds is 4. The van der Waals surface area contributed by atoms with Crippen LogP contribution in [0.25, 0.3) is 53.2 Å². The molecule has 9 aromatic carbocycles. The zero-order valence-corrected chi connectivity index (χ0v) is 31.1. The minimum absolute atomic E-state index is 0.612. The molecule has 12 rings (SSSR count). The lowest BCUT2D eigenvalue weighted by Crippen LogP contribution is -2.32. The summed E-state index contributed by atoms with van der Waals surface area (Å²) < 4.78 is 9.40. The van der Waals surface area contributed by atoms with Gasteiger partial charge in [0.15, 0.2) is 0 Å². The van der Waals surface area contributed by atoms with E-state index in [2.05, 4.69) is 205 Å². The van der Waals surface area contributed by atoms with Crippen molar-refractivity contribution in [3.05, 3.63) is 222 Å². The SMILES string of the molecule is c1ccc(-c2ccc(N(c3ccc4c(c3)C3(c5ccccc5Oc5ccc6ccccc6c53)c3ccccc3-4)c3cccc4c3sc3ccccc34)cc2)cc1. The van der Waals surface area contributed by atoms with Gasteiger partial charge in [0.2, 0.25) is 0 Å². The van der Waals surface area contributed by atoms with E-state index in [0.717, 1.165) is 28.4 Å². The molecular formula is C53H33NOS. The molecule has 56 heavy (non-hydrogen) atoms. The van der Waals surface area contributed by atoms with Gasteiger partial charge in [-0.2, -0.15) is 0 Å². The normalized spacial score (nSPS) is 15.0. The van der Waals surface area contributed by atoms with E-state index >= 15 is 0 Å². The van der Waals surface area contributed by atoms with Crippen LogP contribution in [0, 0.1) is 0 Å². The average Bonchev–Trinajstić information content (AvgIpc) is 3.79. The van der Waals surface area contributed by atoms with Gasteiger partial charge in [-0.3, -0.25) is 0 Å². The van der Waals surface area contributed by atoms with Gasteiger partial charge < -0.3 is 9.64 Å². The molecule has 1 unspecified atom stereocenters. The standard InChI is InChI=1S/C53H33NOS/c1-2-13-34(14-3-1)35-25-28-37(29-26-35)54(47-22-12-19-43-42-18-7-11-24-50(42)56-52(43)47)38-30-31-41-40-17-6-8-20-44(40)53(46(41)33-38)45-21-9-10-23-48(45)55-49-32-27-36-15-4-5-16-39(36)51(49)53/h1-33H. The summed E-state index contributed by atoms with van der Waals surface area (Å²) in [7, 11) is 0. The quantitative estimate of drug-likeness (QED) is 0.179. The second-order valence-corrected chi connectivity index (χ2v) is 15.8. The first-order chi connectivity index (χ1) is 27.8. The molecule has 0 fully saturated rings. The van der Waals surface area contributed by atoms with E-state index < -0.39 is 5.41 Å². The Bertz CT molecular complexity index is 3180. The highest BCUT2D eigenvalue weighted by Gasteiger charge is 2.52. The minimum atomic E-state index is -0.612. The van der Waals surface area contributed by atoms with E-state index in [4.69, 9.17) is 4.74 Å². The Morgan fingerprint density at radius 3 is 2.00 bits per heavy atom. The Hall–Kier alpha value is -6.94. The zero-order chi connectivity index (χ0) is 36.8.